The number of hydrogen-bond acceptors (Lipinski definition) is 3. The third kappa shape index (κ3) is 3.27. The maximum absolute atomic E-state index is 12.7. The molecular formula is C18H17ClN2O3S. The number of halogens is 1. The number of benzene rings is 2. The minimum atomic E-state index is -3.80. The molecule has 1 aliphatic heterocycles. The molecule has 0 atom stereocenters. The van der Waals surface area contributed by atoms with Crippen LogP contribution in [0.4, 0.5) is 11.4 Å². The number of nitrogens with one attached hydrogen (secondary N) is 2. The normalized spacial score (nSPS) is 13.4. The smallest absolute Gasteiger partial charge is 0.261 e. The standard InChI is InChI=1S/C18H17ClN2O3S/c1-10(2)17-14-9-13(6-7-16(14)20-18(17)22)25(23,24)21-12-5-4-11(3)15(19)8-12/h4-9,21H,1-3H3,(H,20,22). The number of allylic oxidation sites excluding steroid dienone is 1. The molecule has 0 bridgehead atoms. The average molecular weight is 377 g/mol. The molecule has 0 aliphatic carbocycles. The number of aryl methyl sites for hydroxylation is 1. The average Bonchev–Trinajstić information content (AvgIpc) is 2.85. The summed E-state index contributed by atoms with van der Waals surface area (Å²) in [5.74, 6) is -0.220. The van der Waals surface area contributed by atoms with Gasteiger partial charge in [-0.3, -0.25) is 9.52 Å². The summed E-state index contributed by atoms with van der Waals surface area (Å²) in [6, 6.07) is 9.53. The van der Waals surface area contributed by atoms with Gasteiger partial charge in [0.25, 0.3) is 15.9 Å². The van der Waals surface area contributed by atoms with Crippen LogP contribution in [-0.4, -0.2) is 14.3 Å². The SMILES string of the molecule is CC(C)=C1C(=O)Nc2ccc(S(=O)(=O)Nc3ccc(C)c(Cl)c3)cc21. The van der Waals surface area contributed by atoms with Gasteiger partial charge in [-0.05, 0) is 56.7 Å². The Morgan fingerprint density at radius 1 is 1.12 bits per heavy atom. The summed E-state index contributed by atoms with van der Waals surface area (Å²) < 4.78 is 27.9. The minimum Gasteiger partial charge on any atom is -0.321 e. The topological polar surface area (TPSA) is 75.3 Å². The summed E-state index contributed by atoms with van der Waals surface area (Å²) in [6.45, 7) is 5.47. The molecule has 1 aliphatic rings. The van der Waals surface area contributed by atoms with Crippen molar-refractivity contribution in [1.29, 1.82) is 0 Å². The molecule has 0 aromatic heterocycles. The summed E-state index contributed by atoms with van der Waals surface area (Å²) in [6.07, 6.45) is 0. The third-order valence-corrected chi connectivity index (χ3v) is 5.76. The van der Waals surface area contributed by atoms with E-state index in [9.17, 15) is 13.2 Å². The molecule has 130 valence electrons. The van der Waals surface area contributed by atoms with E-state index in [0.29, 0.717) is 27.5 Å². The fourth-order valence-electron chi connectivity index (χ4n) is 2.68. The highest BCUT2D eigenvalue weighted by Crippen LogP contribution is 2.35. The van der Waals surface area contributed by atoms with E-state index in [-0.39, 0.29) is 10.8 Å². The molecule has 0 saturated heterocycles. The molecule has 3 rings (SSSR count). The Morgan fingerprint density at radius 3 is 2.48 bits per heavy atom. The van der Waals surface area contributed by atoms with Crippen LogP contribution in [0.2, 0.25) is 5.02 Å². The van der Waals surface area contributed by atoms with Crippen molar-refractivity contribution < 1.29 is 13.2 Å². The van der Waals surface area contributed by atoms with Crippen LogP contribution in [0.5, 0.6) is 0 Å². The first kappa shape index (κ1) is 17.5. The summed E-state index contributed by atoms with van der Waals surface area (Å²) in [5.41, 5.74) is 3.77. The van der Waals surface area contributed by atoms with Gasteiger partial charge in [-0.25, -0.2) is 8.42 Å². The molecule has 7 heteroatoms. The molecule has 5 nitrogen and oxygen atoms in total. The first-order valence-electron chi connectivity index (χ1n) is 7.61. The molecule has 0 radical (unpaired) electrons. The van der Waals surface area contributed by atoms with Crippen molar-refractivity contribution in [2.45, 2.75) is 25.7 Å². The number of sulfonamides is 1. The highest BCUT2D eigenvalue weighted by Gasteiger charge is 2.27. The fraction of sp³-hybridized carbons (Fsp3) is 0.167. The van der Waals surface area contributed by atoms with E-state index in [1.165, 1.54) is 12.1 Å². The van der Waals surface area contributed by atoms with Gasteiger partial charge in [0.15, 0.2) is 0 Å². The second-order valence-corrected chi connectivity index (χ2v) is 8.20. The number of hydrogen-bond donors (Lipinski definition) is 2. The van der Waals surface area contributed by atoms with Crippen LogP contribution in [-0.2, 0) is 14.8 Å². The van der Waals surface area contributed by atoms with Crippen LogP contribution in [0, 0.1) is 6.92 Å². The predicted molar refractivity (Wildman–Crippen MR) is 100 cm³/mol. The summed E-state index contributed by atoms with van der Waals surface area (Å²) >= 11 is 6.05. The van der Waals surface area contributed by atoms with E-state index in [4.69, 9.17) is 11.6 Å². The van der Waals surface area contributed by atoms with Gasteiger partial charge >= 0.3 is 0 Å². The van der Waals surface area contributed by atoms with Gasteiger partial charge in [-0.2, -0.15) is 0 Å². The minimum absolute atomic E-state index is 0.0817. The zero-order chi connectivity index (χ0) is 18.4. The summed E-state index contributed by atoms with van der Waals surface area (Å²) in [7, 11) is -3.80. The third-order valence-electron chi connectivity index (χ3n) is 3.97. The number of fused-ring (bicyclic) bond motifs is 1. The van der Waals surface area contributed by atoms with E-state index in [0.717, 1.165) is 11.1 Å². The monoisotopic (exact) mass is 376 g/mol. The lowest BCUT2D eigenvalue weighted by Crippen LogP contribution is -2.13. The van der Waals surface area contributed by atoms with Gasteiger partial charge in [-0.1, -0.05) is 23.2 Å². The Bertz CT molecular complexity index is 1020. The van der Waals surface area contributed by atoms with Gasteiger partial charge in [0.1, 0.15) is 0 Å². The maximum Gasteiger partial charge on any atom is 0.261 e. The van der Waals surface area contributed by atoms with Crippen LogP contribution < -0.4 is 10.0 Å². The summed E-state index contributed by atoms with van der Waals surface area (Å²) in [5, 5.41) is 3.22. The Hall–Kier alpha value is -2.31. The van der Waals surface area contributed by atoms with Crippen LogP contribution in [0.3, 0.4) is 0 Å². The molecule has 0 spiro atoms. The van der Waals surface area contributed by atoms with Crippen molar-refractivity contribution >= 4 is 44.5 Å². The highest BCUT2D eigenvalue weighted by atomic mass is 35.5. The van der Waals surface area contributed by atoms with Crippen molar-refractivity contribution in [1.82, 2.24) is 0 Å². The lowest BCUT2D eigenvalue weighted by atomic mass is 10.0. The Kier molecular flexibility index (Phi) is 4.34. The highest BCUT2D eigenvalue weighted by molar-refractivity contribution is 7.92. The molecule has 25 heavy (non-hydrogen) atoms. The van der Waals surface area contributed by atoms with Gasteiger partial charge in [0.2, 0.25) is 0 Å². The van der Waals surface area contributed by atoms with Crippen molar-refractivity contribution in [3.05, 3.63) is 58.1 Å². The molecule has 0 unspecified atom stereocenters. The zero-order valence-corrected chi connectivity index (χ0v) is 15.5. The lowest BCUT2D eigenvalue weighted by molar-refractivity contribution is -0.110. The molecule has 2 N–H and O–H groups in total. The number of rotatable bonds is 3. The second kappa shape index (κ2) is 6.20. The maximum atomic E-state index is 12.7. The number of anilines is 2. The van der Waals surface area contributed by atoms with E-state index >= 15 is 0 Å². The van der Waals surface area contributed by atoms with Crippen molar-refractivity contribution in [3.63, 3.8) is 0 Å². The Morgan fingerprint density at radius 2 is 1.84 bits per heavy atom. The van der Waals surface area contributed by atoms with Crippen LogP contribution in [0.25, 0.3) is 5.57 Å². The van der Waals surface area contributed by atoms with Crippen LogP contribution in [0.1, 0.15) is 25.0 Å². The van der Waals surface area contributed by atoms with Crippen molar-refractivity contribution in [2.75, 3.05) is 10.0 Å². The van der Waals surface area contributed by atoms with E-state index < -0.39 is 10.0 Å². The van der Waals surface area contributed by atoms with E-state index in [2.05, 4.69) is 10.0 Å². The zero-order valence-electron chi connectivity index (χ0n) is 14.0. The molecule has 0 saturated carbocycles. The number of carbonyl (C=O) groups is 1. The number of carbonyl (C=O) groups excluding carboxylic acids is 1. The van der Waals surface area contributed by atoms with Gasteiger partial charge < -0.3 is 5.32 Å². The van der Waals surface area contributed by atoms with Crippen molar-refractivity contribution in [3.8, 4) is 0 Å². The van der Waals surface area contributed by atoms with Gasteiger partial charge in [0.05, 0.1) is 10.6 Å². The van der Waals surface area contributed by atoms with Gasteiger partial charge in [0, 0.05) is 21.8 Å². The predicted octanol–water partition coefficient (Wildman–Crippen LogP) is 4.19. The van der Waals surface area contributed by atoms with E-state index in [1.54, 1.807) is 24.3 Å². The fourth-order valence-corrected chi connectivity index (χ4v) is 3.94. The second-order valence-electron chi connectivity index (χ2n) is 6.11. The summed E-state index contributed by atoms with van der Waals surface area (Å²) in [4.78, 5) is 12.1. The first-order valence-corrected chi connectivity index (χ1v) is 9.47. The van der Waals surface area contributed by atoms with Crippen LogP contribution in [0.15, 0.2) is 46.9 Å². The van der Waals surface area contributed by atoms with Crippen LogP contribution >= 0.6 is 11.6 Å². The number of amides is 1. The Labute approximate surface area is 151 Å². The quantitative estimate of drug-likeness (QED) is 0.788. The van der Waals surface area contributed by atoms with Crippen molar-refractivity contribution in [2.24, 2.45) is 0 Å². The molecule has 1 heterocycles. The lowest BCUT2D eigenvalue weighted by Gasteiger charge is -2.10. The van der Waals surface area contributed by atoms with E-state index in [1.807, 2.05) is 20.8 Å². The molecule has 2 aromatic rings. The largest absolute Gasteiger partial charge is 0.321 e. The molecule has 1 amide bonds. The molecular weight excluding hydrogens is 360 g/mol. The molecule has 2 aromatic carbocycles. The van der Waals surface area contributed by atoms with Gasteiger partial charge in [-0.15, -0.1) is 0 Å². The first-order chi connectivity index (χ1) is 11.7. The Balaban J connectivity index is 2.01. The molecule has 0 fully saturated rings.